The molecule has 0 aliphatic heterocycles. The summed E-state index contributed by atoms with van der Waals surface area (Å²) < 4.78 is 0. The number of hydrogen-bond donors (Lipinski definition) is 1. The Bertz CT molecular complexity index is 517. The molecule has 2 aromatic carbocycles. The van der Waals surface area contributed by atoms with Crippen LogP contribution in [0.3, 0.4) is 0 Å². The van der Waals surface area contributed by atoms with E-state index in [1.54, 1.807) is 0 Å². The van der Waals surface area contributed by atoms with Crippen LogP contribution in [0.2, 0.25) is 0 Å². The van der Waals surface area contributed by atoms with Crippen LogP contribution in [-0.4, -0.2) is 6.54 Å². The van der Waals surface area contributed by atoms with Crippen LogP contribution in [-0.2, 0) is 25.8 Å². The van der Waals surface area contributed by atoms with Gasteiger partial charge in [-0.2, -0.15) is 0 Å². The number of benzene rings is 2. The molecule has 0 bridgehead atoms. The minimum absolute atomic E-state index is 0.953. The average molecular weight is 267 g/mol. The molecule has 2 aromatic rings. The van der Waals surface area contributed by atoms with E-state index in [0.717, 1.165) is 32.4 Å². The molecule has 0 unspecified atom stereocenters. The molecular formula is C19H25N. The quantitative estimate of drug-likeness (QED) is 0.743. The summed E-state index contributed by atoms with van der Waals surface area (Å²) in [4.78, 5) is 0. The summed E-state index contributed by atoms with van der Waals surface area (Å²) in [6, 6.07) is 17.5. The maximum absolute atomic E-state index is 3.52. The molecule has 2 rings (SSSR count). The summed E-state index contributed by atoms with van der Waals surface area (Å²) in [5, 5.41) is 3.52. The fraction of sp³-hybridized carbons (Fsp3) is 0.368. The van der Waals surface area contributed by atoms with Gasteiger partial charge in [-0.25, -0.2) is 0 Å². The van der Waals surface area contributed by atoms with E-state index in [9.17, 15) is 0 Å². The minimum Gasteiger partial charge on any atom is -0.312 e. The fourth-order valence-electron chi connectivity index (χ4n) is 2.57. The molecule has 0 spiro atoms. The number of rotatable bonds is 7. The Labute approximate surface area is 123 Å². The molecule has 1 N–H and O–H groups in total. The summed E-state index contributed by atoms with van der Waals surface area (Å²) in [5.74, 6) is 0. The third-order valence-corrected chi connectivity index (χ3v) is 3.79. The highest BCUT2D eigenvalue weighted by Crippen LogP contribution is 2.14. The Kier molecular flexibility index (Phi) is 5.82. The van der Waals surface area contributed by atoms with Crippen molar-refractivity contribution in [2.24, 2.45) is 0 Å². The lowest BCUT2D eigenvalue weighted by atomic mass is 9.99. The van der Waals surface area contributed by atoms with Gasteiger partial charge in [-0.15, -0.1) is 0 Å². The molecule has 0 aliphatic rings. The van der Waals surface area contributed by atoms with E-state index in [2.05, 4.69) is 67.7 Å². The van der Waals surface area contributed by atoms with E-state index in [1.165, 1.54) is 22.3 Å². The van der Waals surface area contributed by atoms with Crippen molar-refractivity contribution in [1.82, 2.24) is 5.32 Å². The molecule has 106 valence electrons. The lowest BCUT2D eigenvalue weighted by Gasteiger charge is -2.10. The van der Waals surface area contributed by atoms with Gasteiger partial charge in [0.25, 0.3) is 0 Å². The first-order valence-corrected chi connectivity index (χ1v) is 7.68. The molecule has 0 fully saturated rings. The van der Waals surface area contributed by atoms with Crippen LogP contribution < -0.4 is 5.32 Å². The fourth-order valence-corrected chi connectivity index (χ4v) is 2.57. The Morgan fingerprint density at radius 3 is 2.25 bits per heavy atom. The van der Waals surface area contributed by atoms with Crippen LogP contribution in [0.25, 0.3) is 0 Å². The molecule has 20 heavy (non-hydrogen) atoms. The standard InChI is InChI=1S/C19H25N/c1-3-18-11-10-16(14-19(18)4-2)12-13-20-15-17-8-6-5-7-9-17/h5-11,14,20H,3-4,12-13,15H2,1-2H3. The predicted molar refractivity (Wildman–Crippen MR) is 87.1 cm³/mol. The van der Waals surface area contributed by atoms with Crippen molar-refractivity contribution in [1.29, 1.82) is 0 Å². The molecule has 1 heteroatoms. The van der Waals surface area contributed by atoms with Crippen molar-refractivity contribution in [3.8, 4) is 0 Å². The SMILES string of the molecule is CCc1ccc(CCNCc2ccccc2)cc1CC. The van der Waals surface area contributed by atoms with Gasteiger partial charge in [-0.1, -0.05) is 62.4 Å². The monoisotopic (exact) mass is 267 g/mol. The number of aryl methyl sites for hydroxylation is 2. The van der Waals surface area contributed by atoms with Crippen molar-refractivity contribution in [2.45, 2.75) is 39.7 Å². The largest absolute Gasteiger partial charge is 0.312 e. The second kappa shape index (κ2) is 7.86. The maximum atomic E-state index is 3.52. The summed E-state index contributed by atoms with van der Waals surface area (Å²) >= 11 is 0. The van der Waals surface area contributed by atoms with Gasteiger partial charge in [0.05, 0.1) is 0 Å². The molecule has 1 nitrogen and oxygen atoms in total. The third-order valence-electron chi connectivity index (χ3n) is 3.79. The van der Waals surface area contributed by atoms with E-state index < -0.39 is 0 Å². The number of hydrogen-bond acceptors (Lipinski definition) is 1. The van der Waals surface area contributed by atoms with E-state index in [1.807, 2.05) is 0 Å². The van der Waals surface area contributed by atoms with Crippen LogP contribution in [0.4, 0.5) is 0 Å². The summed E-state index contributed by atoms with van der Waals surface area (Å²) in [6.07, 6.45) is 3.37. The van der Waals surface area contributed by atoms with Crippen molar-refractivity contribution in [2.75, 3.05) is 6.54 Å². The van der Waals surface area contributed by atoms with Crippen molar-refractivity contribution in [3.63, 3.8) is 0 Å². The zero-order chi connectivity index (χ0) is 14.2. The smallest absolute Gasteiger partial charge is 0.0205 e. The van der Waals surface area contributed by atoms with Crippen molar-refractivity contribution in [3.05, 3.63) is 70.8 Å². The number of nitrogens with one attached hydrogen (secondary N) is 1. The molecule has 0 aromatic heterocycles. The molecule has 0 saturated heterocycles. The second-order valence-corrected chi connectivity index (χ2v) is 5.22. The van der Waals surface area contributed by atoms with Crippen LogP contribution in [0, 0.1) is 0 Å². The van der Waals surface area contributed by atoms with Gasteiger partial charge < -0.3 is 5.32 Å². The summed E-state index contributed by atoms with van der Waals surface area (Å²) in [7, 11) is 0. The lowest BCUT2D eigenvalue weighted by Crippen LogP contribution is -2.16. The first kappa shape index (κ1) is 14.8. The first-order valence-electron chi connectivity index (χ1n) is 7.68. The first-order chi connectivity index (χ1) is 9.83. The van der Waals surface area contributed by atoms with Gasteiger partial charge in [0.15, 0.2) is 0 Å². The maximum Gasteiger partial charge on any atom is 0.0205 e. The predicted octanol–water partition coefficient (Wildman–Crippen LogP) is 4.14. The van der Waals surface area contributed by atoms with Gasteiger partial charge >= 0.3 is 0 Å². The van der Waals surface area contributed by atoms with Gasteiger partial charge in [0, 0.05) is 6.54 Å². The van der Waals surface area contributed by atoms with E-state index >= 15 is 0 Å². The van der Waals surface area contributed by atoms with E-state index in [0.29, 0.717) is 0 Å². The normalized spacial score (nSPS) is 10.7. The lowest BCUT2D eigenvalue weighted by molar-refractivity contribution is 0.686. The minimum atomic E-state index is 0.953. The molecule has 0 aliphatic carbocycles. The van der Waals surface area contributed by atoms with Crippen molar-refractivity contribution >= 4 is 0 Å². The topological polar surface area (TPSA) is 12.0 Å². The Morgan fingerprint density at radius 1 is 0.800 bits per heavy atom. The van der Waals surface area contributed by atoms with Crippen molar-refractivity contribution < 1.29 is 0 Å². The molecule has 0 heterocycles. The zero-order valence-corrected chi connectivity index (χ0v) is 12.7. The molecule has 0 radical (unpaired) electrons. The van der Waals surface area contributed by atoms with Crippen LogP contribution in [0.15, 0.2) is 48.5 Å². The van der Waals surface area contributed by atoms with Gasteiger partial charge in [-0.3, -0.25) is 0 Å². The van der Waals surface area contributed by atoms with E-state index in [4.69, 9.17) is 0 Å². The highest BCUT2D eigenvalue weighted by molar-refractivity contribution is 5.32. The molecule has 0 atom stereocenters. The highest BCUT2D eigenvalue weighted by atomic mass is 14.8. The van der Waals surface area contributed by atoms with Crippen LogP contribution in [0.5, 0.6) is 0 Å². The molecule has 0 saturated carbocycles. The molecule has 0 amide bonds. The van der Waals surface area contributed by atoms with Crippen LogP contribution >= 0.6 is 0 Å². The van der Waals surface area contributed by atoms with Gasteiger partial charge in [-0.05, 0) is 48.1 Å². The zero-order valence-electron chi connectivity index (χ0n) is 12.7. The Balaban J connectivity index is 1.82. The Morgan fingerprint density at radius 2 is 1.55 bits per heavy atom. The second-order valence-electron chi connectivity index (χ2n) is 5.22. The van der Waals surface area contributed by atoms with Gasteiger partial charge in [0.2, 0.25) is 0 Å². The molecular weight excluding hydrogens is 242 g/mol. The summed E-state index contributed by atoms with van der Waals surface area (Å²) in [5.41, 5.74) is 5.80. The average Bonchev–Trinajstić information content (AvgIpc) is 2.52. The Hall–Kier alpha value is -1.60. The highest BCUT2D eigenvalue weighted by Gasteiger charge is 2.01. The van der Waals surface area contributed by atoms with Crippen LogP contribution in [0.1, 0.15) is 36.1 Å². The third kappa shape index (κ3) is 4.21. The summed E-state index contributed by atoms with van der Waals surface area (Å²) in [6.45, 7) is 6.46. The van der Waals surface area contributed by atoms with E-state index in [-0.39, 0.29) is 0 Å². The van der Waals surface area contributed by atoms with Gasteiger partial charge in [0.1, 0.15) is 0 Å².